The lowest BCUT2D eigenvalue weighted by Gasteiger charge is -2.33. The molecule has 0 radical (unpaired) electrons. The van der Waals surface area contributed by atoms with Crippen molar-refractivity contribution in [2.45, 2.75) is 101 Å². The number of hydrogen-bond acceptors (Lipinski definition) is 9. The van der Waals surface area contributed by atoms with Crippen LogP contribution in [0.15, 0.2) is 107 Å². The fourth-order valence-electron chi connectivity index (χ4n) is 7.56. The van der Waals surface area contributed by atoms with Gasteiger partial charge < -0.3 is 13.8 Å². The Labute approximate surface area is 358 Å². The van der Waals surface area contributed by atoms with Crippen LogP contribution in [0.4, 0.5) is 17.1 Å². The standard InChI is InChI=1S/C48H59N7O4S/c1-12-54(13-2)38-26-24-36(25-27-38)49-42-43(47(7,8)9)51-55-45(42)50-44(52-55)34-19-22-37(23-20-34)53-60(57)59-41-30-35(48(10,11)31-46(4,5)6)21-28-40(41)58-32(3)39(56)29-33-17-15-14-16-18-33/h14-28,30,32,53H,12-13,29,31H2,1-11H3. The van der Waals surface area contributed by atoms with Gasteiger partial charge in [0.25, 0.3) is 0 Å². The van der Waals surface area contributed by atoms with Gasteiger partial charge in [-0.3, -0.25) is 9.52 Å². The van der Waals surface area contributed by atoms with Gasteiger partial charge in [-0.1, -0.05) is 91.8 Å². The lowest BCUT2D eigenvalue weighted by Crippen LogP contribution is -2.27. The first-order chi connectivity index (χ1) is 28.3. The van der Waals surface area contributed by atoms with E-state index in [1.807, 2.05) is 66.7 Å². The Morgan fingerprint density at radius 2 is 1.53 bits per heavy atom. The van der Waals surface area contributed by atoms with Crippen molar-refractivity contribution in [3.63, 3.8) is 0 Å². The molecule has 0 amide bonds. The third-order valence-electron chi connectivity index (χ3n) is 10.3. The van der Waals surface area contributed by atoms with Crippen molar-refractivity contribution in [3.05, 3.63) is 114 Å². The van der Waals surface area contributed by atoms with Crippen LogP contribution in [-0.4, -0.2) is 55.5 Å². The molecule has 2 heterocycles. The van der Waals surface area contributed by atoms with Crippen molar-refractivity contribution in [1.82, 2.24) is 14.9 Å². The van der Waals surface area contributed by atoms with Crippen LogP contribution >= 0.6 is 0 Å². The number of Topliss-reactive ketones (excluding diaryl/α,β-unsaturated/α-hetero) is 1. The summed E-state index contributed by atoms with van der Waals surface area (Å²) in [5, 5.41) is 9.56. The molecule has 1 N–H and O–H groups in total. The molecule has 0 aliphatic carbocycles. The summed E-state index contributed by atoms with van der Waals surface area (Å²) in [7, 11) is 0. The molecule has 1 aliphatic rings. The highest BCUT2D eigenvalue weighted by Gasteiger charge is 2.35. The predicted octanol–water partition coefficient (Wildman–Crippen LogP) is 10.5. The highest BCUT2D eigenvalue weighted by atomic mass is 32.2. The van der Waals surface area contributed by atoms with E-state index in [1.165, 1.54) is 0 Å². The Morgan fingerprint density at radius 1 is 0.867 bits per heavy atom. The number of aliphatic imine (C=N–C) groups is 1. The molecule has 11 nitrogen and oxygen atoms in total. The number of nitrogens with one attached hydrogen (secondary N) is 1. The lowest BCUT2D eigenvalue weighted by atomic mass is 9.72. The minimum absolute atomic E-state index is 0.0669. The number of ketones is 1. The molecule has 0 bridgehead atoms. The SMILES string of the molecule is CCN(CC)c1ccc(N=C2C(C(C)(C)C)=Nn3nc(-c4ccc(NS(=O)Oc5cc(C(C)(C)CC(C)(C)C)ccc5OC(C)C(=O)Cc5ccccc5)cc4)nc32)cc1. The van der Waals surface area contributed by atoms with E-state index < -0.39 is 17.4 Å². The zero-order valence-corrected chi connectivity index (χ0v) is 37.7. The van der Waals surface area contributed by atoms with E-state index in [-0.39, 0.29) is 34.2 Å². The van der Waals surface area contributed by atoms with Crippen LogP contribution in [0.2, 0.25) is 0 Å². The van der Waals surface area contributed by atoms with Gasteiger partial charge in [-0.15, -0.1) is 9.89 Å². The summed E-state index contributed by atoms with van der Waals surface area (Å²) < 4.78 is 28.8. The molecule has 0 spiro atoms. The van der Waals surface area contributed by atoms with Crippen LogP contribution in [0.25, 0.3) is 11.4 Å². The number of rotatable bonds is 16. The van der Waals surface area contributed by atoms with Crippen LogP contribution in [0.1, 0.15) is 99.5 Å². The Hall–Kier alpha value is -5.62. The quantitative estimate of drug-likeness (QED) is 0.105. The minimum atomic E-state index is -2.02. The topological polar surface area (TPSA) is 123 Å². The molecule has 0 saturated heterocycles. The van der Waals surface area contributed by atoms with E-state index in [2.05, 4.69) is 91.0 Å². The summed E-state index contributed by atoms with van der Waals surface area (Å²) in [6, 6.07) is 30.8. The van der Waals surface area contributed by atoms with Crippen LogP contribution in [-0.2, 0) is 27.9 Å². The average Bonchev–Trinajstić information content (AvgIpc) is 3.76. The average molecular weight is 830 g/mol. The van der Waals surface area contributed by atoms with Gasteiger partial charge in [-0.05, 0) is 110 Å². The molecule has 60 heavy (non-hydrogen) atoms. The molecule has 2 atom stereocenters. The summed E-state index contributed by atoms with van der Waals surface area (Å²) in [5.74, 6) is 1.59. The third kappa shape index (κ3) is 10.8. The van der Waals surface area contributed by atoms with Gasteiger partial charge in [0.2, 0.25) is 5.82 Å². The lowest BCUT2D eigenvalue weighted by molar-refractivity contribution is -0.124. The number of nitrogens with zero attached hydrogens (tertiary/aromatic N) is 6. The summed E-state index contributed by atoms with van der Waals surface area (Å²) in [4.78, 5) is 26.9. The zero-order valence-electron chi connectivity index (χ0n) is 36.9. The first-order valence-electron chi connectivity index (χ1n) is 20.7. The van der Waals surface area contributed by atoms with Crippen molar-refractivity contribution < 1.29 is 17.9 Å². The van der Waals surface area contributed by atoms with Gasteiger partial charge in [0, 0.05) is 41.9 Å². The van der Waals surface area contributed by atoms with Crippen LogP contribution in [0.5, 0.6) is 11.5 Å². The molecule has 1 aliphatic heterocycles. The van der Waals surface area contributed by atoms with Gasteiger partial charge in [0.05, 0.1) is 11.4 Å². The normalized spacial score (nSPS) is 14.7. The number of hydrogen-bond donors (Lipinski definition) is 1. The number of ether oxygens (including phenoxy) is 1. The van der Waals surface area contributed by atoms with Crippen molar-refractivity contribution in [3.8, 4) is 22.9 Å². The van der Waals surface area contributed by atoms with Gasteiger partial charge in [0.15, 0.2) is 29.2 Å². The maximum absolute atomic E-state index is 13.6. The molecule has 316 valence electrons. The summed E-state index contributed by atoms with van der Waals surface area (Å²) in [5.41, 5.74) is 6.24. The molecule has 1 aromatic heterocycles. The first-order valence-corrected chi connectivity index (χ1v) is 21.8. The van der Waals surface area contributed by atoms with E-state index in [0.717, 1.165) is 53.3 Å². The number of carbonyl (C=O) groups is 1. The van der Waals surface area contributed by atoms with Gasteiger partial charge in [-0.25, -0.2) is 9.98 Å². The maximum Gasteiger partial charge on any atom is 0.316 e. The first kappa shape index (κ1) is 43.9. The summed E-state index contributed by atoms with van der Waals surface area (Å²) >= 11 is -2.02. The molecule has 6 rings (SSSR count). The third-order valence-corrected chi connectivity index (χ3v) is 11.1. The Kier molecular flexibility index (Phi) is 13.1. The Morgan fingerprint density at radius 3 is 2.15 bits per heavy atom. The Bertz CT molecular complexity index is 2370. The second kappa shape index (κ2) is 17.9. The monoisotopic (exact) mass is 829 g/mol. The number of aromatic nitrogens is 3. The molecule has 5 aromatic rings. The number of carbonyl (C=O) groups excluding carboxylic acids is 1. The zero-order chi connectivity index (χ0) is 43.4. The predicted molar refractivity (Wildman–Crippen MR) is 245 cm³/mol. The van der Waals surface area contributed by atoms with Crippen LogP contribution < -0.4 is 18.5 Å². The van der Waals surface area contributed by atoms with Crippen LogP contribution in [0.3, 0.4) is 0 Å². The molecule has 2 unspecified atom stereocenters. The molecule has 0 saturated carbocycles. The summed E-state index contributed by atoms with van der Waals surface area (Å²) in [6.45, 7) is 25.2. The number of benzene rings is 4. The van der Waals surface area contributed by atoms with Crippen molar-refractivity contribution in [2.75, 3.05) is 22.7 Å². The van der Waals surface area contributed by atoms with E-state index in [9.17, 15) is 9.00 Å². The van der Waals surface area contributed by atoms with Gasteiger partial charge in [0.1, 0.15) is 5.71 Å². The van der Waals surface area contributed by atoms with E-state index >= 15 is 0 Å². The van der Waals surface area contributed by atoms with Crippen molar-refractivity contribution in [2.24, 2.45) is 20.9 Å². The second-order valence-corrected chi connectivity index (χ2v) is 19.0. The molecule has 12 heteroatoms. The fourth-order valence-corrected chi connectivity index (χ4v) is 8.22. The molecular weight excluding hydrogens is 771 g/mol. The van der Waals surface area contributed by atoms with Gasteiger partial charge in [-0.2, -0.15) is 9.31 Å². The van der Waals surface area contributed by atoms with E-state index in [0.29, 0.717) is 28.8 Å². The Balaban J connectivity index is 1.20. The van der Waals surface area contributed by atoms with Crippen molar-refractivity contribution in [1.29, 1.82) is 0 Å². The largest absolute Gasteiger partial charge is 0.479 e. The van der Waals surface area contributed by atoms with Crippen molar-refractivity contribution >= 4 is 45.5 Å². The second-order valence-electron chi connectivity index (χ2n) is 18.2. The number of anilines is 2. The summed E-state index contributed by atoms with van der Waals surface area (Å²) in [6.07, 6.45) is 0.378. The van der Waals surface area contributed by atoms with Crippen LogP contribution in [0, 0.1) is 10.8 Å². The minimum Gasteiger partial charge on any atom is -0.479 e. The maximum atomic E-state index is 13.6. The van der Waals surface area contributed by atoms with Gasteiger partial charge >= 0.3 is 11.3 Å². The molecule has 4 aromatic carbocycles. The highest BCUT2D eigenvalue weighted by molar-refractivity contribution is 7.82. The van der Waals surface area contributed by atoms with E-state index in [1.54, 1.807) is 29.9 Å². The molecular formula is C48H59N7O4S. The van der Waals surface area contributed by atoms with E-state index in [4.69, 9.17) is 29.1 Å². The smallest absolute Gasteiger partial charge is 0.316 e. The molecule has 0 fully saturated rings. The fraction of sp³-hybridized carbons (Fsp3) is 0.396. The highest BCUT2D eigenvalue weighted by Crippen LogP contribution is 2.40. The number of fused-ring (bicyclic) bond motifs is 1.